The van der Waals surface area contributed by atoms with Gasteiger partial charge in [0, 0.05) is 22.2 Å². The number of nitrogens with two attached hydrogens (primary N) is 1. The molecule has 1 atom stereocenters. The average molecular weight is 196 g/mol. The van der Waals surface area contributed by atoms with Gasteiger partial charge < -0.3 is 10.8 Å². The highest BCUT2D eigenvalue weighted by molar-refractivity contribution is 7.10. The third-order valence-corrected chi connectivity index (χ3v) is 3.36. The van der Waals surface area contributed by atoms with Crippen LogP contribution in [0.15, 0.2) is 11.4 Å². The fourth-order valence-corrected chi connectivity index (χ4v) is 1.96. The van der Waals surface area contributed by atoms with Gasteiger partial charge in [-0.15, -0.1) is 11.3 Å². The maximum atomic E-state index is 9.16. The van der Waals surface area contributed by atoms with Crippen molar-refractivity contribution in [3.8, 4) is 6.07 Å². The molecule has 70 valence electrons. The van der Waals surface area contributed by atoms with E-state index in [2.05, 4.69) is 6.07 Å². The Balaban J connectivity index is 3.00. The van der Waals surface area contributed by atoms with E-state index in [-0.39, 0.29) is 6.61 Å². The molecule has 0 aliphatic heterocycles. The van der Waals surface area contributed by atoms with Crippen molar-refractivity contribution in [2.45, 2.75) is 12.3 Å². The third kappa shape index (κ3) is 1.89. The van der Waals surface area contributed by atoms with Gasteiger partial charge in [0.25, 0.3) is 0 Å². The van der Waals surface area contributed by atoms with E-state index < -0.39 is 5.41 Å². The number of nitrogens with zero attached hydrogens (tertiary/aromatic N) is 1. The van der Waals surface area contributed by atoms with E-state index in [1.54, 1.807) is 11.4 Å². The Morgan fingerprint density at radius 2 is 2.46 bits per heavy atom. The summed E-state index contributed by atoms with van der Waals surface area (Å²) in [5.41, 5.74) is 5.79. The summed E-state index contributed by atoms with van der Waals surface area (Å²) in [6, 6.07) is 3.84. The number of rotatable bonds is 3. The van der Waals surface area contributed by atoms with Crippen LogP contribution in [0.4, 0.5) is 0 Å². The molecule has 1 rings (SSSR count). The molecule has 1 unspecified atom stereocenters. The molecule has 3 N–H and O–H groups in total. The van der Waals surface area contributed by atoms with Crippen molar-refractivity contribution in [1.29, 1.82) is 5.26 Å². The SMILES string of the molecule is CC(CN)(CO)c1cc(C#N)cs1. The van der Waals surface area contributed by atoms with E-state index in [1.807, 2.05) is 6.92 Å². The zero-order valence-electron chi connectivity index (χ0n) is 7.45. The molecular formula is C9H12N2OS. The third-order valence-electron chi connectivity index (χ3n) is 2.12. The Hall–Kier alpha value is -0.890. The Bertz CT molecular complexity index is 323. The zero-order valence-corrected chi connectivity index (χ0v) is 8.27. The summed E-state index contributed by atoms with van der Waals surface area (Å²) in [4.78, 5) is 0.967. The van der Waals surface area contributed by atoms with Crippen molar-refractivity contribution in [2.24, 2.45) is 5.73 Å². The minimum Gasteiger partial charge on any atom is -0.395 e. The van der Waals surface area contributed by atoms with Crippen LogP contribution in [-0.2, 0) is 5.41 Å². The molecule has 0 fully saturated rings. The highest BCUT2D eigenvalue weighted by atomic mass is 32.1. The lowest BCUT2D eigenvalue weighted by atomic mass is 9.90. The van der Waals surface area contributed by atoms with Gasteiger partial charge in [0.2, 0.25) is 0 Å². The van der Waals surface area contributed by atoms with Gasteiger partial charge in [-0.1, -0.05) is 6.92 Å². The lowest BCUT2D eigenvalue weighted by molar-refractivity contribution is 0.213. The van der Waals surface area contributed by atoms with Crippen LogP contribution >= 0.6 is 11.3 Å². The summed E-state index contributed by atoms with van der Waals surface area (Å²) in [6.07, 6.45) is 0. The van der Waals surface area contributed by atoms with E-state index in [1.165, 1.54) is 11.3 Å². The normalized spacial score (nSPS) is 14.9. The molecule has 1 aromatic heterocycles. The molecular weight excluding hydrogens is 184 g/mol. The van der Waals surface area contributed by atoms with Crippen LogP contribution < -0.4 is 5.73 Å². The Labute approximate surface area is 81.4 Å². The van der Waals surface area contributed by atoms with Gasteiger partial charge in [0.1, 0.15) is 6.07 Å². The monoisotopic (exact) mass is 196 g/mol. The molecule has 0 radical (unpaired) electrons. The van der Waals surface area contributed by atoms with E-state index >= 15 is 0 Å². The van der Waals surface area contributed by atoms with Crippen molar-refractivity contribution in [1.82, 2.24) is 0 Å². The topological polar surface area (TPSA) is 70.0 Å². The second-order valence-corrected chi connectivity index (χ2v) is 4.15. The van der Waals surface area contributed by atoms with E-state index in [4.69, 9.17) is 16.1 Å². The smallest absolute Gasteiger partial charge is 0.100 e. The van der Waals surface area contributed by atoms with Gasteiger partial charge in [-0.3, -0.25) is 0 Å². The number of hydrogen-bond acceptors (Lipinski definition) is 4. The zero-order chi connectivity index (χ0) is 9.90. The highest BCUT2D eigenvalue weighted by Crippen LogP contribution is 2.28. The average Bonchev–Trinajstić information content (AvgIpc) is 2.65. The Kier molecular flexibility index (Phi) is 3.04. The molecule has 0 saturated heterocycles. The summed E-state index contributed by atoms with van der Waals surface area (Å²) in [7, 11) is 0. The number of aliphatic hydroxyl groups is 1. The summed E-state index contributed by atoms with van der Waals surface area (Å²) < 4.78 is 0. The minimum absolute atomic E-state index is 0.00881. The summed E-state index contributed by atoms with van der Waals surface area (Å²) in [6.45, 7) is 2.28. The molecule has 4 heteroatoms. The molecule has 0 amide bonds. The van der Waals surface area contributed by atoms with Crippen LogP contribution in [0, 0.1) is 11.3 Å². The fourth-order valence-electron chi connectivity index (χ4n) is 0.954. The summed E-state index contributed by atoms with van der Waals surface area (Å²) in [5, 5.41) is 19.6. The Morgan fingerprint density at radius 3 is 2.85 bits per heavy atom. The molecule has 1 aromatic rings. The predicted octanol–water partition coefficient (Wildman–Crippen LogP) is 0.828. The lowest BCUT2D eigenvalue weighted by Crippen LogP contribution is -2.34. The second kappa shape index (κ2) is 3.88. The molecule has 3 nitrogen and oxygen atoms in total. The highest BCUT2D eigenvalue weighted by Gasteiger charge is 2.25. The maximum absolute atomic E-state index is 9.16. The van der Waals surface area contributed by atoms with Gasteiger partial charge in [0.05, 0.1) is 12.2 Å². The first-order chi connectivity index (χ1) is 6.16. The van der Waals surface area contributed by atoms with E-state index in [0.717, 1.165) is 4.88 Å². The van der Waals surface area contributed by atoms with Crippen LogP contribution in [0.5, 0.6) is 0 Å². The minimum atomic E-state index is -0.403. The summed E-state index contributed by atoms with van der Waals surface area (Å²) in [5.74, 6) is 0. The molecule has 13 heavy (non-hydrogen) atoms. The van der Waals surface area contributed by atoms with Gasteiger partial charge in [-0.05, 0) is 6.07 Å². The van der Waals surface area contributed by atoms with Gasteiger partial charge in [-0.2, -0.15) is 5.26 Å². The standard InChI is InChI=1S/C9H12N2OS/c1-9(5-11,6-12)8-2-7(3-10)4-13-8/h2,4,12H,5-6,11H2,1H3. The molecule has 0 bridgehead atoms. The first-order valence-corrected chi connectivity index (χ1v) is 4.84. The molecule has 0 spiro atoms. The first kappa shape index (κ1) is 10.2. The van der Waals surface area contributed by atoms with Crippen molar-refractivity contribution in [3.63, 3.8) is 0 Å². The van der Waals surface area contributed by atoms with E-state index in [9.17, 15) is 0 Å². The molecule has 0 aliphatic carbocycles. The quantitative estimate of drug-likeness (QED) is 0.752. The van der Waals surface area contributed by atoms with Gasteiger partial charge >= 0.3 is 0 Å². The van der Waals surface area contributed by atoms with Gasteiger partial charge in [-0.25, -0.2) is 0 Å². The Morgan fingerprint density at radius 1 is 1.77 bits per heavy atom. The van der Waals surface area contributed by atoms with Crippen LogP contribution in [0.2, 0.25) is 0 Å². The molecule has 0 aliphatic rings. The number of hydrogen-bond donors (Lipinski definition) is 2. The number of thiophene rings is 1. The number of aliphatic hydroxyl groups excluding tert-OH is 1. The van der Waals surface area contributed by atoms with Crippen LogP contribution in [0.3, 0.4) is 0 Å². The second-order valence-electron chi connectivity index (χ2n) is 3.23. The molecule has 0 saturated carbocycles. The van der Waals surface area contributed by atoms with Crippen molar-refractivity contribution in [2.75, 3.05) is 13.2 Å². The molecule has 0 aromatic carbocycles. The molecule has 1 heterocycles. The van der Waals surface area contributed by atoms with E-state index in [0.29, 0.717) is 12.1 Å². The van der Waals surface area contributed by atoms with Crippen LogP contribution in [0.1, 0.15) is 17.4 Å². The predicted molar refractivity (Wildman–Crippen MR) is 52.5 cm³/mol. The van der Waals surface area contributed by atoms with Gasteiger partial charge in [0.15, 0.2) is 0 Å². The van der Waals surface area contributed by atoms with Crippen LogP contribution in [0.25, 0.3) is 0 Å². The van der Waals surface area contributed by atoms with Crippen molar-refractivity contribution in [3.05, 3.63) is 21.9 Å². The summed E-state index contributed by atoms with van der Waals surface area (Å²) >= 11 is 1.47. The van der Waals surface area contributed by atoms with Crippen molar-refractivity contribution >= 4 is 11.3 Å². The fraction of sp³-hybridized carbons (Fsp3) is 0.444. The lowest BCUT2D eigenvalue weighted by Gasteiger charge is -2.23. The van der Waals surface area contributed by atoms with Crippen LogP contribution in [-0.4, -0.2) is 18.3 Å². The first-order valence-electron chi connectivity index (χ1n) is 3.96. The largest absolute Gasteiger partial charge is 0.395 e. The van der Waals surface area contributed by atoms with Crippen molar-refractivity contribution < 1.29 is 5.11 Å². The number of nitriles is 1. The maximum Gasteiger partial charge on any atom is 0.100 e.